The molecule has 2 aromatic carbocycles. The van der Waals surface area contributed by atoms with Crippen LogP contribution in [0, 0.1) is 0 Å². The largest absolute Gasteiger partial charge is 0.492 e. The van der Waals surface area contributed by atoms with Crippen LogP contribution in [0.2, 0.25) is 0 Å². The van der Waals surface area contributed by atoms with E-state index in [4.69, 9.17) is 14.5 Å². The Morgan fingerprint density at radius 2 is 1.69 bits per heavy atom. The highest BCUT2D eigenvalue weighted by molar-refractivity contribution is 6.02. The molecule has 0 amide bonds. The van der Waals surface area contributed by atoms with Crippen molar-refractivity contribution in [2.75, 3.05) is 18.5 Å². The fourth-order valence-corrected chi connectivity index (χ4v) is 4.33. The lowest BCUT2D eigenvalue weighted by molar-refractivity contribution is 0.236. The summed E-state index contributed by atoms with van der Waals surface area (Å²) >= 11 is 0. The van der Waals surface area contributed by atoms with E-state index in [1.807, 2.05) is 72.8 Å². The van der Waals surface area contributed by atoms with Gasteiger partial charge in [-0.1, -0.05) is 53.7 Å². The Morgan fingerprint density at radius 1 is 0.944 bits per heavy atom. The van der Waals surface area contributed by atoms with Crippen molar-refractivity contribution in [3.63, 3.8) is 0 Å². The molecule has 1 atom stereocenters. The van der Waals surface area contributed by atoms with E-state index in [2.05, 4.69) is 27.6 Å². The molecule has 0 saturated carbocycles. The molecule has 3 aromatic rings. The van der Waals surface area contributed by atoms with Crippen molar-refractivity contribution >= 4 is 11.7 Å². The lowest BCUT2D eigenvalue weighted by atomic mass is 9.82. The monoisotopic (exact) mass is 480 g/mol. The number of allylic oxidation sites excluding steroid dienone is 4. The Hall–Kier alpha value is -4.39. The third kappa shape index (κ3) is 5.81. The molecule has 0 radical (unpaired) electrons. The van der Waals surface area contributed by atoms with Gasteiger partial charge in [0.15, 0.2) is 0 Å². The molecule has 2 aliphatic rings. The maximum atomic E-state index is 9.56. The smallest absolute Gasteiger partial charge is 0.223 e. The minimum atomic E-state index is 0.217. The first-order chi connectivity index (χ1) is 17.8. The molecule has 0 aliphatic heterocycles. The van der Waals surface area contributed by atoms with Crippen LogP contribution in [-0.4, -0.2) is 34.0 Å². The Balaban J connectivity index is 1.14. The first-order valence-electron chi connectivity index (χ1n) is 12.1. The number of para-hydroxylation sites is 1. The van der Waals surface area contributed by atoms with Crippen molar-refractivity contribution < 1.29 is 14.7 Å². The Labute approximate surface area is 210 Å². The van der Waals surface area contributed by atoms with Crippen molar-refractivity contribution in [1.29, 1.82) is 0 Å². The lowest BCUT2D eigenvalue weighted by Crippen LogP contribution is -2.22. The molecule has 7 nitrogen and oxygen atoms in total. The number of anilines is 1. The van der Waals surface area contributed by atoms with E-state index in [1.165, 1.54) is 5.56 Å². The van der Waals surface area contributed by atoms with Gasteiger partial charge in [-0.15, -0.1) is 0 Å². The van der Waals surface area contributed by atoms with Gasteiger partial charge in [0.2, 0.25) is 5.95 Å². The van der Waals surface area contributed by atoms with Gasteiger partial charge < -0.3 is 20.0 Å². The number of oxime groups is 1. The van der Waals surface area contributed by atoms with Gasteiger partial charge in [0.25, 0.3) is 0 Å². The fourth-order valence-electron chi connectivity index (χ4n) is 4.33. The normalized spacial score (nSPS) is 18.0. The summed E-state index contributed by atoms with van der Waals surface area (Å²) < 4.78 is 11.8. The molecule has 0 saturated heterocycles. The van der Waals surface area contributed by atoms with Crippen LogP contribution in [0.1, 0.15) is 35.6 Å². The van der Waals surface area contributed by atoms with Crippen LogP contribution < -0.4 is 10.1 Å². The minimum Gasteiger partial charge on any atom is -0.492 e. The molecule has 1 aromatic heterocycles. The van der Waals surface area contributed by atoms with Crippen molar-refractivity contribution in [2.45, 2.75) is 25.2 Å². The molecule has 2 N–H and O–H groups in total. The Kier molecular flexibility index (Phi) is 7.37. The zero-order valence-electron chi connectivity index (χ0n) is 19.9. The van der Waals surface area contributed by atoms with Crippen LogP contribution in [0.25, 0.3) is 0 Å². The molecule has 0 spiro atoms. The van der Waals surface area contributed by atoms with Gasteiger partial charge in [0.1, 0.15) is 23.9 Å². The number of benzene rings is 2. The summed E-state index contributed by atoms with van der Waals surface area (Å²) in [5.41, 5.74) is 3.52. The summed E-state index contributed by atoms with van der Waals surface area (Å²) in [6, 6.07) is 20.0. The van der Waals surface area contributed by atoms with E-state index >= 15 is 0 Å². The second kappa shape index (κ2) is 11.4. The van der Waals surface area contributed by atoms with E-state index in [0.29, 0.717) is 31.2 Å². The summed E-state index contributed by atoms with van der Waals surface area (Å²) in [5.74, 6) is 3.14. The molecule has 1 unspecified atom stereocenters. The number of ether oxygens (including phenoxy) is 2. The number of aromatic nitrogens is 2. The van der Waals surface area contributed by atoms with Gasteiger partial charge in [-0.3, -0.25) is 0 Å². The number of fused-ring (bicyclic) bond motifs is 1. The van der Waals surface area contributed by atoms with Gasteiger partial charge in [-0.05, 0) is 60.8 Å². The molecule has 0 bridgehead atoms. The molecular formula is C29H28N4O3. The van der Waals surface area contributed by atoms with Crippen LogP contribution >= 0.6 is 0 Å². The average molecular weight is 481 g/mol. The average Bonchev–Trinajstić information content (AvgIpc) is 3.16. The summed E-state index contributed by atoms with van der Waals surface area (Å²) in [4.78, 5) is 9.13. The third-order valence-corrected chi connectivity index (χ3v) is 6.13. The molecule has 0 fully saturated rings. The van der Waals surface area contributed by atoms with Crippen LogP contribution in [0.15, 0.2) is 108 Å². The summed E-state index contributed by atoms with van der Waals surface area (Å²) in [6.07, 6.45) is 11.8. The summed E-state index contributed by atoms with van der Waals surface area (Å²) in [6.45, 7) is 1.01. The lowest BCUT2D eigenvalue weighted by Gasteiger charge is -2.25. The molecule has 36 heavy (non-hydrogen) atoms. The standard InChI is InChI=1S/C29H28N4O3/c34-33-28-19-22(21-8-3-1-4-9-21)18-27-26(28)20-31-29(32-27)30-16-17-35-23-12-7-13-25(15-14-23)36-24-10-5-2-6-11-24/h1-6,8-15,20,22,34H,7,16-19H2,(H,30,31,32)/b33-28+. The molecule has 182 valence electrons. The minimum absolute atomic E-state index is 0.217. The van der Waals surface area contributed by atoms with Crippen LogP contribution in [-0.2, 0) is 11.2 Å². The van der Waals surface area contributed by atoms with Crippen molar-refractivity contribution in [3.05, 3.63) is 120 Å². The van der Waals surface area contributed by atoms with E-state index in [0.717, 1.165) is 41.4 Å². The topological polar surface area (TPSA) is 88.9 Å². The van der Waals surface area contributed by atoms with Crippen LogP contribution in [0.3, 0.4) is 0 Å². The highest BCUT2D eigenvalue weighted by Gasteiger charge is 2.27. The summed E-state index contributed by atoms with van der Waals surface area (Å²) in [5, 5.41) is 16.3. The second-order valence-corrected chi connectivity index (χ2v) is 8.59. The number of hydrogen-bond donors (Lipinski definition) is 2. The zero-order chi connectivity index (χ0) is 24.6. The third-order valence-electron chi connectivity index (χ3n) is 6.13. The van der Waals surface area contributed by atoms with Gasteiger partial charge in [-0.2, -0.15) is 0 Å². The number of hydrogen-bond acceptors (Lipinski definition) is 7. The highest BCUT2D eigenvalue weighted by atomic mass is 16.5. The van der Waals surface area contributed by atoms with Gasteiger partial charge in [0.05, 0.1) is 18.0 Å². The number of nitrogens with one attached hydrogen (secondary N) is 1. The molecule has 2 aliphatic carbocycles. The Morgan fingerprint density at radius 3 is 2.50 bits per heavy atom. The van der Waals surface area contributed by atoms with Gasteiger partial charge in [-0.25, -0.2) is 9.97 Å². The number of rotatable bonds is 8. The van der Waals surface area contributed by atoms with E-state index in [-0.39, 0.29) is 5.92 Å². The van der Waals surface area contributed by atoms with Crippen molar-refractivity contribution in [1.82, 2.24) is 9.97 Å². The SMILES string of the molecule is O/N=C1\CC(c2ccccc2)Cc2nc(NCCOC3=CCC=C(Oc4ccccc4)C=C3)ncc21. The van der Waals surface area contributed by atoms with Crippen molar-refractivity contribution in [2.24, 2.45) is 5.16 Å². The van der Waals surface area contributed by atoms with Gasteiger partial charge >= 0.3 is 0 Å². The van der Waals surface area contributed by atoms with E-state index in [9.17, 15) is 5.21 Å². The Bertz CT molecular complexity index is 1300. The summed E-state index contributed by atoms with van der Waals surface area (Å²) in [7, 11) is 0. The van der Waals surface area contributed by atoms with Crippen molar-refractivity contribution in [3.8, 4) is 5.75 Å². The number of nitrogens with zero attached hydrogens (tertiary/aromatic N) is 3. The van der Waals surface area contributed by atoms with Crippen LogP contribution in [0.4, 0.5) is 5.95 Å². The first kappa shape index (κ1) is 23.4. The fraction of sp³-hybridized carbons (Fsp3) is 0.207. The van der Waals surface area contributed by atoms with Crippen LogP contribution in [0.5, 0.6) is 5.75 Å². The quantitative estimate of drug-likeness (QED) is 0.247. The predicted octanol–water partition coefficient (Wildman–Crippen LogP) is 5.62. The van der Waals surface area contributed by atoms with E-state index < -0.39 is 0 Å². The highest BCUT2D eigenvalue weighted by Crippen LogP contribution is 2.32. The molecule has 1 heterocycles. The first-order valence-corrected chi connectivity index (χ1v) is 12.1. The maximum absolute atomic E-state index is 9.56. The van der Waals surface area contributed by atoms with Gasteiger partial charge in [0, 0.05) is 18.2 Å². The molecule has 7 heteroatoms. The molecular weight excluding hydrogens is 452 g/mol. The maximum Gasteiger partial charge on any atom is 0.223 e. The second-order valence-electron chi connectivity index (χ2n) is 8.59. The molecule has 5 rings (SSSR count). The van der Waals surface area contributed by atoms with E-state index in [1.54, 1.807) is 6.20 Å². The predicted molar refractivity (Wildman–Crippen MR) is 139 cm³/mol. The zero-order valence-corrected chi connectivity index (χ0v) is 19.9.